The predicted octanol–water partition coefficient (Wildman–Crippen LogP) is 3.17. The zero-order valence-electron chi connectivity index (χ0n) is 14.2. The van der Waals surface area contributed by atoms with E-state index in [1.807, 2.05) is 0 Å². The summed E-state index contributed by atoms with van der Waals surface area (Å²) in [7, 11) is 1.47. The van der Waals surface area contributed by atoms with Crippen molar-refractivity contribution in [1.82, 2.24) is 0 Å². The van der Waals surface area contributed by atoms with Crippen LogP contribution in [-0.2, 0) is 9.53 Å². The van der Waals surface area contributed by atoms with Gasteiger partial charge in [-0.05, 0) is 37.3 Å². The monoisotopic (exact) mass is 365 g/mol. The van der Waals surface area contributed by atoms with Crippen molar-refractivity contribution in [3.63, 3.8) is 0 Å². The Morgan fingerprint density at radius 1 is 1.08 bits per heavy atom. The highest BCUT2D eigenvalue weighted by atomic mass is 19.1. The molecule has 0 aliphatic heterocycles. The van der Waals surface area contributed by atoms with E-state index in [-0.39, 0.29) is 11.3 Å². The maximum Gasteiger partial charge on any atom is 0.338 e. The molecule has 2 rings (SSSR count). The summed E-state index contributed by atoms with van der Waals surface area (Å²) in [6.45, 7) is 1.52. The van der Waals surface area contributed by atoms with E-state index in [1.165, 1.54) is 25.3 Å². The standard InChI is InChI=1S/C18H17F2NO5/c1-3-25-16-8-11(4-7-15(16)24-2)18(23)26-10-17(22)21-14-6-5-12(19)9-13(14)20/h4-9H,3,10H2,1-2H3,(H,21,22). The summed E-state index contributed by atoms with van der Waals surface area (Å²) in [6.07, 6.45) is 0. The second-order valence-electron chi connectivity index (χ2n) is 5.05. The number of carbonyl (C=O) groups is 2. The molecule has 2 aromatic rings. The molecule has 2 aromatic carbocycles. The lowest BCUT2D eigenvalue weighted by molar-refractivity contribution is -0.119. The third-order valence-electron chi connectivity index (χ3n) is 3.24. The van der Waals surface area contributed by atoms with Gasteiger partial charge in [-0.2, -0.15) is 0 Å². The van der Waals surface area contributed by atoms with E-state index < -0.39 is 30.1 Å². The molecule has 0 spiro atoms. The second kappa shape index (κ2) is 8.80. The highest BCUT2D eigenvalue weighted by Crippen LogP contribution is 2.28. The van der Waals surface area contributed by atoms with Crippen LogP contribution in [0.15, 0.2) is 36.4 Å². The van der Waals surface area contributed by atoms with Crippen LogP contribution in [0.5, 0.6) is 11.5 Å². The van der Waals surface area contributed by atoms with Crippen molar-refractivity contribution in [1.29, 1.82) is 0 Å². The number of esters is 1. The minimum atomic E-state index is -0.929. The number of carbonyl (C=O) groups excluding carboxylic acids is 2. The van der Waals surface area contributed by atoms with Crippen LogP contribution in [0.25, 0.3) is 0 Å². The molecule has 0 heterocycles. The van der Waals surface area contributed by atoms with Crippen LogP contribution in [0.4, 0.5) is 14.5 Å². The van der Waals surface area contributed by atoms with Crippen LogP contribution in [-0.4, -0.2) is 32.2 Å². The summed E-state index contributed by atoms with van der Waals surface area (Å²) < 4.78 is 41.7. The molecule has 0 unspecified atom stereocenters. The van der Waals surface area contributed by atoms with Gasteiger partial charge >= 0.3 is 5.97 Å². The molecule has 0 saturated heterocycles. The Kier molecular flexibility index (Phi) is 6.48. The van der Waals surface area contributed by atoms with Gasteiger partial charge in [0.05, 0.1) is 25.0 Å². The smallest absolute Gasteiger partial charge is 0.338 e. The third-order valence-corrected chi connectivity index (χ3v) is 3.24. The van der Waals surface area contributed by atoms with E-state index in [4.69, 9.17) is 14.2 Å². The molecular formula is C18H17F2NO5. The van der Waals surface area contributed by atoms with Gasteiger partial charge in [-0.15, -0.1) is 0 Å². The Balaban J connectivity index is 1.97. The number of hydrogen-bond donors (Lipinski definition) is 1. The van der Waals surface area contributed by atoms with Gasteiger partial charge in [-0.3, -0.25) is 4.79 Å². The Morgan fingerprint density at radius 3 is 2.50 bits per heavy atom. The van der Waals surface area contributed by atoms with Crippen molar-refractivity contribution < 1.29 is 32.6 Å². The van der Waals surface area contributed by atoms with Gasteiger partial charge in [-0.25, -0.2) is 13.6 Å². The molecule has 0 saturated carbocycles. The van der Waals surface area contributed by atoms with Gasteiger partial charge in [0.15, 0.2) is 18.1 Å². The van der Waals surface area contributed by atoms with Crippen LogP contribution in [0.3, 0.4) is 0 Å². The zero-order chi connectivity index (χ0) is 19.1. The van der Waals surface area contributed by atoms with Crippen molar-refractivity contribution in [2.75, 3.05) is 25.6 Å². The number of benzene rings is 2. The van der Waals surface area contributed by atoms with Crippen molar-refractivity contribution >= 4 is 17.6 Å². The second-order valence-corrected chi connectivity index (χ2v) is 5.05. The first-order chi connectivity index (χ1) is 12.4. The van der Waals surface area contributed by atoms with Crippen LogP contribution < -0.4 is 14.8 Å². The molecule has 26 heavy (non-hydrogen) atoms. The summed E-state index contributed by atoms with van der Waals surface area (Å²) in [5.74, 6) is -2.40. The first-order valence-electron chi connectivity index (χ1n) is 7.67. The fourth-order valence-electron chi connectivity index (χ4n) is 2.06. The van der Waals surface area contributed by atoms with E-state index in [1.54, 1.807) is 6.92 Å². The first kappa shape index (κ1) is 19.2. The topological polar surface area (TPSA) is 73.9 Å². The Morgan fingerprint density at radius 2 is 1.85 bits per heavy atom. The molecule has 0 radical (unpaired) electrons. The Labute approximate surface area is 148 Å². The minimum Gasteiger partial charge on any atom is -0.493 e. The van der Waals surface area contributed by atoms with E-state index >= 15 is 0 Å². The minimum absolute atomic E-state index is 0.162. The Hall–Kier alpha value is -3.16. The number of anilines is 1. The lowest BCUT2D eigenvalue weighted by atomic mass is 10.2. The van der Waals surface area contributed by atoms with Gasteiger partial charge in [0.1, 0.15) is 11.6 Å². The number of methoxy groups -OCH3 is 1. The number of amides is 1. The van der Waals surface area contributed by atoms with Crippen LogP contribution in [0.1, 0.15) is 17.3 Å². The maximum atomic E-state index is 13.5. The summed E-state index contributed by atoms with van der Waals surface area (Å²) in [6, 6.07) is 7.13. The molecule has 0 aromatic heterocycles. The van der Waals surface area contributed by atoms with Crippen LogP contribution in [0, 0.1) is 11.6 Å². The van der Waals surface area contributed by atoms with Crippen molar-refractivity contribution in [3.05, 3.63) is 53.6 Å². The summed E-state index contributed by atoms with van der Waals surface area (Å²) >= 11 is 0. The SMILES string of the molecule is CCOc1cc(C(=O)OCC(=O)Nc2ccc(F)cc2F)ccc1OC. The van der Waals surface area contributed by atoms with Crippen LogP contribution in [0.2, 0.25) is 0 Å². The fraction of sp³-hybridized carbons (Fsp3) is 0.222. The number of rotatable bonds is 7. The largest absolute Gasteiger partial charge is 0.493 e. The van der Waals surface area contributed by atoms with E-state index in [9.17, 15) is 18.4 Å². The van der Waals surface area contributed by atoms with E-state index in [0.717, 1.165) is 12.1 Å². The molecule has 6 nitrogen and oxygen atoms in total. The van der Waals surface area contributed by atoms with Gasteiger partial charge in [0.25, 0.3) is 5.91 Å². The van der Waals surface area contributed by atoms with Gasteiger partial charge in [0.2, 0.25) is 0 Å². The average Bonchev–Trinajstić information content (AvgIpc) is 2.62. The molecule has 0 bridgehead atoms. The maximum absolute atomic E-state index is 13.5. The van der Waals surface area contributed by atoms with Gasteiger partial charge < -0.3 is 19.5 Å². The fourth-order valence-corrected chi connectivity index (χ4v) is 2.06. The molecule has 0 aliphatic carbocycles. The molecule has 0 aliphatic rings. The molecular weight excluding hydrogens is 348 g/mol. The first-order valence-corrected chi connectivity index (χ1v) is 7.67. The average molecular weight is 365 g/mol. The number of hydrogen-bond acceptors (Lipinski definition) is 5. The lowest BCUT2D eigenvalue weighted by Gasteiger charge is -2.11. The Bertz CT molecular complexity index is 810. The highest BCUT2D eigenvalue weighted by Gasteiger charge is 2.15. The van der Waals surface area contributed by atoms with Crippen molar-refractivity contribution in [2.24, 2.45) is 0 Å². The number of ether oxygens (including phenoxy) is 3. The van der Waals surface area contributed by atoms with Gasteiger partial charge in [0, 0.05) is 6.07 Å². The molecule has 138 valence electrons. The number of halogens is 2. The molecule has 1 amide bonds. The van der Waals surface area contributed by atoms with Crippen molar-refractivity contribution in [3.8, 4) is 11.5 Å². The molecule has 8 heteroatoms. The van der Waals surface area contributed by atoms with Crippen molar-refractivity contribution in [2.45, 2.75) is 6.92 Å². The lowest BCUT2D eigenvalue weighted by Crippen LogP contribution is -2.21. The highest BCUT2D eigenvalue weighted by molar-refractivity contribution is 5.95. The van der Waals surface area contributed by atoms with Crippen LogP contribution >= 0.6 is 0 Å². The molecule has 0 fully saturated rings. The summed E-state index contributed by atoms with van der Waals surface area (Å²) in [5.41, 5.74) is -0.0504. The van der Waals surface area contributed by atoms with E-state index in [0.29, 0.717) is 24.2 Å². The predicted molar refractivity (Wildman–Crippen MR) is 89.4 cm³/mol. The zero-order valence-corrected chi connectivity index (χ0v) is 14.2. The summed E-state index contributed by atoms with van der Waals surface area (Å²) in [5, 5.41) is 2.19. The van der Waals surface area contributed by atoms with E-state index in [2.05, 4.69) is 5.32 Å². The van der Waals surface area contributed by atoms with Gasteiger partial charge in [-0.1, -0.05) is 0 Å². The number of nitrogens with one attached hydrogen (secondary N) is 1. The summed E-state index contributed by atoms with van der Waals surface area (Å²) in [4.78, 5) is 23.8. The normalized spacial score (nSPS) is 10.2. The molecule has 1 N–H and O–H groups in total. The third kappa shape index (κ3) is 4.92. The quantitative estimate of drug-likeness (QED) is 0.763. The molecule has 0 atom stereocenters.